The van der Waals surface area contributed by atoms with E-state index in [1.807, 2.05) is 0 Å². The summed E-state index contributed by atoms with van der Waals surface area (Å²) in [5, 5.41) is 9.49. The Morgan fingerprint density at radius 1 is 1.33 bits per heavy atom. The highest BCUT2D eigenvalue weighted by Crippen LogP contribution is 2.23. The van der Waals surface area contributed by atoms with Crippen LogP contribution < -0.4 is 4.74 Å². The largest absolute Gasteiger partial charge is 0.484 e. The van der Waals surface area contributed by atoms with Gasteiger partial charge >= 0.3 is 5.97 Å². The monoisotopic (exact) mass is 306 g/mol. The van der Waals surface area contributed by atoms with Crippen LogP contribution >= 0.6 is 11.6 Å². The number of carboxylic acid groups (broad SMARTS) is 1. The number of carboxylic acids is 1. The minimum Gasteiger partial charge on any atom is -0.484 e. The molecule has 1 heterocycles. The van der Waals surface area contributed by atoms with Crippen molar-refractivity contribution < 1.29 is 19.4 Å². The summed E-state index contributed by atoms with van der Waals surface area (Å²) in [4.78, 5) is 30.2. The van der Waals surface area contributed by atoms with E-state index >= 15 is 0 Å². The number of rotatable bonds is 5. The zero-order valence-electron chi connectivity index (χ0n) is 11.0. The lowest BCUT2D eigenvalue weighted by molar-refractivity contribution is 0.0684. The summed E-state index contributed by atoms with van der Waals surface area (Å²) in [7, 11) is 0. The Bertz CT molecular complexity index is 703. The second-order valence-corrected chi connectivity index (χ2v) is 4.54. The third kappa shape index (κ3) is 3.55. The van der Waals surface area contributed by atoms with Crippen molar-refractivity contribution in [1.29, 1.82) is 0 Å². The average molecular weight is 307 g/mol. The van der Waals surface area contributed by atoms with Gasteiger partial charge in [0, 0.05) is 6.20 Å². The standard InChI is InChI=1S/C14H11ClN2O4/c1-8(18)9-6-16-12(17-13(9)14(19)20)7-21-11-5-3-2-4-10(11)15/h2-6H,7H2,1H3,(H,19,20). The molecule has 0 saturated carbocycles. The number of aromatic nitrogens is 2. The topological polar surface area (TPSA) is 89.4 Å². The number of hydrogen-bond donors (Lipinski definition) is 1. The van der Waals surface area contributed by atoms with Crippen LogP contribution in [0.15, 0.2) is 30.5 Å². The maximum absolute atomic E-state index is 11.3. The molecular weight excluding hydrogens is 296 g/mol. The van der Waals surface area contributed by atoms with E-state index in [-0.39, 0.29) is 23.7 Å². The zero-order chi connectivity index (χ0) is 15.4. The average Bonchev–Trinajstić information content (AvgIpc) is 2.46. The molecular formula is C14H11ClN2O4. The second kappa shape index (κ2) is 6.32. The van der Waals surface area contributed by atoms with Crippen molar-refractivity contribution in [1.82, 2.24) is 9.97 Å². The van der Waals surface area contributed by atoms with E-state index in [1.54, 1.807) is 24.3 Å². The number of Topliss-reactive ketones (excluding diaryl/α,β-unsaturated/α-hetero) is 1. The number of ether oxygens (including phenoxy) is 1. The fourth-order valence-corrected chi connectivity index (χ4v) is 1.80. The number of halogens is 1. The highest BCUT2D eigenvalue weighted by Gasteiger charge is 2.17. The maximum Gasteiger partial charge on any atom is 0.355 e. The van der Waals surface area contributed by atoms with Crippen LogP contribution in [0.1, 0.15) is 33.6 Å². The molecule has 0 spiro atoms. The number of carbonyl (C=O) groups excluding carboxylic acids is 1. The summed E-state index contributed by atoms with van der Waals surface area (Å²) >= 11 is 5.93. The van der Waals surface area contributed by atoms with Gasteiger partial charge in [0.05, 0.1) is 10.6 Å². The number of carbonyl (C=O) groups is 2. The Hall–Kier alpha value is -2.47. The third-order valence-corrected chi connectivity index (χ3v) is 2.93. The number of para-hydroxylation sites is 1. The molecule has 2 aromatic rings. The molecule has 0 fully saturated rings. The predicted molar refractivity (Wildman–Crippen MR) is 74.8 cm³/mol. The van der Waals surface area contributed by atoms with E-state index in [0.717, 1.165) is 0 Å². The Morgan fingerprint density at radius 2 is 2.05 bits per heavy atom. The fourth-order valence-electron chi connectivity index (χ4n) is 1.61. The Balaban J connectivity index is 2.22. The van der Waals surface area contributed by atoms with Crippen molar-refractivity contribution in [2.75, 3.05) is 0 Å². The van der Waals surface area contributed by atoms with E-state index in [1.165, 1.54) is 13.1 Å². The molecule has 1 aromatic carbocycles. The normalized spacial score (nSPS) is 10.2. The van der Waals surface area contributed by atoms with Gasteiger partial charge in [0.25, 0.3) is 0 Å². The first-order valence-electron chi connectivity index (χ1n) is 5.96. The van der Waals surface area contributed by atoms with Crippen molar-refractivity contribution in [2.24, 2.45) is 0 Å². The molecule has 6 nitrogen and oxygen atoms in total. The van der Waals surface area contributed by atoms with Crippen molar-refractivity contribution in [3.8, 4) is 5.75 Å². The summed E-state index contributed by atoms with van der Waals surface area (Å²) in [6.45, 7) is 1.20. The molecule has 0 saturated heterocycles. The number of nitrogens with zero attached hydrogens (tertiary/aromatic N) is 2. The van der Waals surface area contributed by atoms with Gasteiger partial charge in [0.2, 0.25) is 0 Å². The Kier molecular flexibility index (Phi) is 4.49. The Labute approximate surface area is 125 Å². The predicted octanol–water partition coefficient (Wildman–Crippen LogP) is 2.61. The van der Waals surface area contributed by atoms with Gasteiger partial charge in [-0.2, -0.15) is 0 Å². The highest BCUT2D eigenvalue weighted by atomic mass is 35.5. The number of hydrogen-bond acceptors (Lipinski definition) is 5. The van der Waals surface area contributed by atoms with Gasteiger partial charge in [0.15, 0.2) is 17.3 Å². The summed E-state index contributed by atoms with van der Waals surface area (Å²) in [5.41, 5.74) is -0.376. The smallest absolute Gasteiger partial charge is 0.355 e. The van der Waals surface area contributed by atoms with Crippen molar-refractivity contribution >= 4 is 23.4 Å². The summed E-state index contributed by atoms with van der Waals surface area (Å²) in [6.07, 6.45) is 1.18. The molecule has 1 N–H and O–H groups in total. The first-order valence-corrected chi connectivity index (χ1v) is 6.34. The SMILES string of the molecule is CC(=O)c1cnc(COc2ccccc2Cl)nc1C(=O)O. The molecule has 0 amide bonds. The summed E-state index contributed by atoms with van der Waals surface area (Å²) in [6, 6.07) is 6.85. The molecule has 0 bridgehead atoms. The van der Waals surface area contributed by atoms with Gasteiger partial charge in [-0.3, -0.25) is 4.79 Å². The fraction of sp³-hybridized carbons (Fsp3) is 0.143. The Morgan fingerprint density at radius 3 is 2.67 bits per heavy atom. The van der Waals surface area contributed by atoms with E-state index in [9.17, 15) is 9.59 Å². The van der Waals surface area contributed by atoms with Gasteiger partial charge in [-0.05, 0) is 19.1 Å². The van der Waals surface area contributed by atoms with Gasteiger partial charge in [0.1, 0.15) is 12.4 Å². The first kappa shape index (κ1) is 14.9. The molecule has 2 rings (SSSR count). The molecule has 1 aromatic heterocycles. The lowest BCUT2D eigenvalue weighted by atomic mass is 10.1. The molecule has 0 unspecified atom stereocenters. The third-order valence-electron chi connectivity index (χ3n) is 2.61. The molecule has 0 aliphatic heterocycles. The second-order valence-electron chi connectivity index (χ2n) is 4.13. The van der Waals surface area contributed by atoms with Crippen LogP contribution in [0.2, 0.25) is 5.02 Å². The zero-order valence-corrected chi connectivity index (χ0v) is 11.8. The van der Waals surface area contributed by atoms with Gasteiger partial charge < -0.3 is 9.84 Å². The summed E-state index contributed by atoms with van der Waals surface area (Å²) < 4.78 is 5.42. The molecule has 7 heteroatoms. The molecule has 0 radical (unpaired) electrons. The molecule has 0 aliphatic carbocycles. The van der Waals surface area contributed by atoms with Crippen LogP contribution in [0.25, 0.3) is 0 Å². The first-order chi connectivity index (χ1) is 9.99. The minimum absolute atomic E-state index is 0.0380. The lowest BCUT2D eigenvalue weighted by Crippen LogP contribution is -2.13. The quantitative estimate of drug-likeness (QED) is 0.854. The van der Waals surface area contributed by atoms with Crippen molar-refractivity contribution in [2.45, 2.75) is 13.5 Å². The lowest BCUT2D eigenvalue weighted by Gasteiger charge is -2.08. The van der Waals surface area contributed by atoms with Crippen LogP contribution in [0, 0.1) is 0 Å². The molecule has 0 atom stereocenters. The van der Waals surface area contributed by atoms with E-state index < -0.39 is 11.8 Å². The molecule has 21 heavy (non-hydrogen) atoms. The number of benzene rings is 1. The van der Waals surface area contributed by atoms with Crippen LogP contribution in [0.5, 0.6) is 5.75 Å². The van der Waals surface area contributed by atoms with Gasteiger partial charge in [-0.25, -0.2) is 14.8 Å². The summed E-state index contributed by atoms with van der Waals surface area (Å²) in [5.74, 6) is -1.11. The van der Waals surface area contributed by atoms with E-state index in [4.69, 9.17) is 21.4 Å². The molecule has 0 aliphatic rings. The van der Waals surface area contributed by atoms with Gasteiger partial charge in [-0.15, -0.1) is 0 Å². The maximum atomic E-state index is 11.3. The van der Waals surface area contributed by atoms with Crippen LogP contribution in [0.4, 0.5) is 0 Å². The molecule has 108 valence electrons. The van der Waals surface area contributed by atoms with Crippen molar-refractivity contribution in [3.05, 3.63) is 52.6 Å². The van der Waals surface area contributed by atoms with Gasteiger partial charge in [-0.1, -0.05) is 23.7 Å². The van der Waals surface area contributed by atoms with Crippen LogP contribution in [-0.2, 0) is 6.61 Å². The van der Waals surface area contributed by atoms with Crippen LogP contribution in [0.3, 0.4) is 0 Å². The van der Waals surface area contributed by atoms with E-state index in [0.29, 0.717) is 10.8 Å². The number of ketones is 1. The van der Waals surface area contributed by atoms with E-state index in [2.05, 4.69) is 9.97 Å². The van der Waals surface area contributed by atoms with Crippen molar-refractivity contribution in [3.63, 3.8) is 0 Å². The minimum atomic E-state index is -1.29. The highest BCUT2D eigenvalue weighted by molar-refractivity contribution is 6.32. The number of aromatic carboxylic acids is 1. The van der Waals surface area contributed by atoms with Crippen LogP contribution in [-0.4, -0.2) is 26.8 Å².